The number of hydrogen-bond donors (Lipinski definition) is 0. The third kappa shape index (κ3) is 4.05. The first-order valence-electron chi connectivity index (χ1n) is 11.5. The standard InChI is InChI=1S/C25H30N4O3/c1-26-15-17-27(18-16-26)21-5-2-3-6-22(21)32-23-12-14-29(25(23)31)20-10-8-19(9-11-20)28-13-4-7-24(28)30/h2-3,5-6,8-11,23H,4,7,12-18H2,1H3. The van der Waals surface area contributed by atoms with Crippen molar-refractivity contribution in [3.63, 3.8) is 0 Å². The Morgan fingerprint density at radius 3 is 2.19 bits per heavy atom. The highest BCUT2D eigenvalue weighted by Gasteiger charge is 2.35. The number of hydrogen-bond acceptors (Lipinski definition) is 5. The fourth-order valence-corrected chi connectivity index (χ4v) is 4.77. The topological polar surface area (TPSA) is 56.3 Å². The molecule has 2 aromatic carbocycles. The zero-order chi connectivity index (χ0) is 22.1. The van der Waals surface area contributed by atoms with Gasteiger partial charge >= 0.3 is 0 Å². The lowest BCUT2D eigenvalue weighted by atomic mass is 10.2. The number of para-hydroxylation sites is 2. The van der Waals surface area contributed by atoms with Crippen LogP contribution in [0.3, 0.4) is 0 Å². The number of likely N-dealkylation sites (N-methyl/N-ethyl adjacent to an activating group) is 1. The third-order valence-electron chi connectivity index (χ3n) is 6.68. The predicted molar refractivity (Wildman–Crippen MR) is 126 cm³/mol. The molecule has 168 valence electrons. The molecule has 32 heavy (non-hydrogen) atoms. The van der Waals surface area contributed by atoms with Crippen LogP contribution >= 0.6 is 0 Å². The van der Waals surface area contributed by atoms with E-state index in [9.17, 15) is 9.59 Å². The number of piperazine rings is 1. The Bertz CT molecular complexity index is 985. The number of anilines is 3. The third-order valence-corrected chi connectivity index (χ3v) is 6.68. The van der Waals surface area contributed by atoms with Crippen LogP contribution in [0, 0.1) is 0 Å². The summed E-state index contributed by atoms with van der Waals surface area (Å²) in [5.74, 6) is 0.936. The fourth-order valence-electron chi connectivity index (χ4n) is 4.77. The molecular formula is C25H30N4O3. The molecule has 0 spiro atoms. The molecule has 3 fully saturated rings. The average molecular weight is 435 g/mol. The van der Waals surface area contributed by atoms with Crippen LogP contribution in [0.15, 0.2) is 48.5 Å². The molecular weight excluding hydrogens is 404 g/mol. The van der Waals surface area contributed by atoms with Gasteiger partial charge in [0.25, 0.3) is 5.91 Å². The number of nitrogens with zero attached hydrogens (tertiary/aromatic N) is 4. The van der Waals surface area contributed by atoms with Gasteiger partial charge in [-0.1, -0.05) is 12.1 Å². The van der Waals surface area contributed by atoms with E-state index in [2.05, 4.69) is 22.9 Å². The molecule has 3 saturated heterocycles. The minimum Gasteiger partial charge on any atom is -0.478 e. The quantitative estimate of drug-likeness (QED) is 0.724. The van der Waals surface area contributed by atoms with Gasteiger partial charge in [-0.2, -0.15) is 0 Å². The first kappa shape index (κ1) is 20.8. The molecule has 3 aliphatic rings. The van der Waals surface area contributed by atoms with Crippen LogP contribution in [0.25, 0.3) is 0 Å². The summed E-state index contributed by atoms with van der Waals surface area (Å²) < 4.78 is 6.27. The molecule has 1 atom stereocenters. The van der Waals surface area contributed by atoms with Crippen molar-refractivity contribution >= 4 is 28.9 Å². The summed E-state index contributed by atoms with van der Waals surface area (Å²) >= 11 is 0. The molecule has 1 unspecified atom stereocenters. The summed E-state index contributed by atoms with van der Waals surface area (Å²) in [6.07, 6.45) is 1.69. The number of carbonyl (C=O) groups is 2. The maximum absolute atomic E-state index is 13.2. The number of amides is 2. The second-order valence-corrected chi connectivity index (χ2v) is 8.81. The van der Waals surface area contributed by atoms with Gasteiger partial charge in [-0.15, -0.1) is 0 Å². The van der Waals surface area contributed by atoms with Crippen molar-refractivity contribution < 1.29 is 14.3 Å². The zero-order valence-corrected chi connectivity index (χ0v) is 18.6. The Labute approximate surface area is 189 Å². The van der Waals surface area contributed by atoms with E-state index in [-0.39, 0.29) is 11.8 Å². The van der Waals surface area contributed by atoms with Gasteiger partial charge in [0.15, 0.2) is 6.10 Å². The van der Waals surface area contributed by atoms with Crippen LogP contribution in [0.2, 0.25) is 0 Å². The Kier molecular flexibility index (Phi) is 5.74. The van der Waals surface area contributed by atoms with E-state index in [0.29, 0.717) is 19.4 Å². The number of rotatable bonds is 5. The summed E-state index contributed by atoms with van der Waals surface area (Å²) in [5.41, 5.74) is 2.81. The van der Waals surface area contributed by atoms with Crippen molar-refractivity contribution in [1.29, 1.82) is 0 Å². The Hall–Kier alpha value is -3.06. The molecule has 3 aliphatic heterocycles. The van der Waals surface area contributed by atoms with Gasteiger partial charge in [0.2, 0.25) is 5.91 Å². The second kappa shape index (κ2) is 8.82. The number of carbonyl (C=O) groups excluding carboxylic acids is 2. The lowest BCUT2D eigenvalue weighted by Gasteiger charge is -2.35. The highest BCUT2D eigenvalue weighted by Crippen LogP contribution is 2.33. The summed E-state index contributed by atoms with van der Waals surface area (Å²) in [6.45, 7) is 5.33. The molecule has 5 rings (SSSR count). The van der Waals surface area contributed by atoms with Crippen LogP contribution in [0.5, 0.6) is 5.75 Å². The van der Waals surface area contributed by atoms with Crippen LogP contribution in [0.4, 0.5) is 17.1 Å². The first-order chi connectivity index (χ1) is 15.6. The molecule has 2 amide bonds. The van der Waals surface area contributed by atoms with Crippen molar-refractivity contribution in [2.75, 3.05) is 61.0 Å². The molecule has 7 nitrogen and oxygen atoms in total. The molecule has 7 heteroatoms. The smallest absolute Gasteiger partial charge is 0.268 e. The van der Waals surface area contributed by atoms with Crippen molar-refractivity contribution in [1.82, 2.24) is 4.90 Å². The Balaban J connectivity index is 1.27. The monoisotopic (exact) mass is 434 g/mol. The maximum Gasteiger partial charge on any atom is 0.268 e. The Morgan fingerprint density at radius 2 is 1.50 bits per heavy atom. The molecule has 3 heterocycles. The van der Waals surface area contributed by atoms with E-state index < -0.39 is 6.10 Å². The minimum absolute atomic E-state index is 0.0109. The summed E-state index contributed by atoms with van der Waals surface area (Å²) in [7, 11) is 2.14. The van der Waals surface area contributed by atoms with Crippen molar-refractivity contribution in [3.05, 3.63) is 48.5 Å². The predicted octanol–water partition coefficient (Wildman–Crippen LogP) is 2.75. The van der Waals surface area contributed by atoms with Crippen LogP contribution in [-0.4, -0.2) is 69.1 Å². The molecule has 0 saturated carbocycles. The SMILES string of the molecule is CN1CCN(c2ccccc2OC2CCN(c3ccc(N4CCCC4=O)cc3)C2=O)CC1. The normalized spacial score (nSPS) is 22.2. The van der Waals surface area contributed by atoms with Gasteiger partial charge in [0.1, 0.15) is 5.75 Å². The molecule has 0 N–H and O–H groups in total. The zero-order valence-electron chi connectivity index (χ0n) is 18.6. The molecule has 2 aromatic rings. The van der Waals surface area contributed by atoms with Crippen LogP contribution in [0.1, 0.15) is 19.3 Å². The van der Waals surface area contributed by atoms with Crippen LogP contribution in [-0.2, 0) is 9.59 Å². The lowest BCUT2D eigenvalue weighted by molar-refractivity contribution is -0.123. The Morgan fingerprint density at radius 1 is 0.812 bits per heavy atom. The summed E-state index contributed by atoms with van der Waals surface area (Å²) in [5, 5.41) is 0. The van der Waals surface area contributed by atoms with Gasteiger partial charge in [0.05, 0.1) is 5.69 Å². The number of benzene rings is 2. The van der Waals surface area contributed by atoms with Gasteiger partial charge in [-0.25, -0.2) is 0 Å². The van der Waals surface area contributed by atoms with Crippen molar-refractivity contribution in [2.24, 2.45) is 0 Å². The summed E-state index contributed by atoms with van der Waals surface area (Å²) in [6, 6.07) is 15.8. The van der Waals surface area contributed by atoms with E-state index in [4.69, 9.17) is 4.74 Å². The second-order valence-electron chi connectivity index (χ2n) is 8.81. The highest BCUT2D eigenvalue weighted by molar-refractivity contribution is 6.00. The lowest BCUT2D eigenvalue weighted by Crippen LogP contribution is -2.44. The van der Waals surface area contributed by atoms with Crippen molar-refractivity contribution in [2.45, 2.75) is 25.4 Å². The van der Waals surface area contributed by atoms with Crippen LogP contribution < -0.4 is 19.4 Å². The van der Waals surface area contributed by atoms with E-state index >= 15 is 0 Å². The molecule has 0 bridgehead atoms. The number of ether oxygens (including phenoxy) is 1. The van der Waals surface area contributed by atoms with Gasteiger partial charge in [-0.3, -0.25) is 9.59 Å². The molecule has 0 aliphatic carbocycles. The van der Waals surface area contributed by atoms with E-state index in [0.717, 1.165) is 62.0 Å². The summed E-state index contributed by atoms with van der Waals surface area (Å²) in [4.78, 5) is 33.4. The largest absolute Gasteiger partial charge is 0.478 e. The molecule has 0 radical (unpaired) electrons. The van der Waals surface area contributed by atoms with Gasteiger partial charge < -0.3 is 24.3 Å². The van der Waals surface area contributed by atoms with E-state index in [1.165, 1.54) is 0 Å². The van der Waals surface area contributed by atoms with Gasteiger partial charge in [0, 0.05) is 63.5 Å². The maximum atomic E-state index is 13.2. The van der Waals surface area contributed by atoms with E-state index in [1.54, 1.807) is 4.90 Å². The van der Waals surface area contributed by atoms with Gasteiger partial charge in [-0.05, 0) is 49.9 Å². The minimum atomic E-state index is -0.483. The fraction of sp³-hybridized carbons (Fsp3) is 0.440. The average Bonchev–Trinajstić information content (AvgIpc) is 3.40. The van der Waals surface area contributed by atoms with E-state index in [1.807, 2.05) is 47.4 Å². The highest BCUT2D eigenvalue weighted by atomic mass is 16.5. The first-order valence-corrected chi connectivity index (χ1v) is 11.5. The molecule has 0 aromatic heterocycles. The van der Waals surface area contributed by atoms with Crippen molar-refractivity contribution in [3.8, 4) is 5.75 Å².